The van der Waals surface area contributed by atoms with Crippen molar-refractivity contribution in [3.8, 4) is 5.75 Å². The van der Waals surface area contributed by atoms with Gasteiger partial charge in [0.25, 0.3) is 5.91 Å². The van der Waals surface area contributed by atoms with E-state index in [4.69, 9.17) is 4.74 Å². The molecular formula is C22H22N2O2. The van der Waals surface area contributed by atoms with Gasteiger partial charge in [0.05, 0.1) is 11.7 Å². The topological polar surface area (TPSA) is 51.2 Å². The Morgan fingerprint density at radius 2 is 1.88 bits per heavy atom. The van der Waals surface area contributed by atoms with Crippen LogP contribution in [-0.4, -0.2) is 23.0 Å². The molecule has 2 aromatic carbocycles. The van der Waals surface area contributed by atoms with Crippen LogP contribution in [0.15, 0.2) is 66.9 Å². The van der Waals surface area contributed by atoms with Crippen LogP contribution >= 0.6 is 0 Å². The fourth-order valence-corrected chi connectivity index (χ4v) is 3.44. The van der Waals surface area contributed by atoms with Gasteiger partial charge in [-0.2, -0.15) is 0 Å². The van der Waals surface area contributed by atoms with Gasteiger partial charge in [0.2, 0.25) is 0 Å². The number of pyridine rings is 1. The van der Waals surface area contributed by atoms with Gasteiger partial charge < -0.3 is 10.1 Å². The quantitative estimate of drug-likeness (QED) is 0.758. The van der Waals surface area contributed by atoms with Crippen molar-refractivity contribution in [2.75, 3.05) is 0 Å². The van der Waals surface area contributed by atoms with E-state index in [0.717, 1.165) is 23.7 Å². The number of nitrogens with zero attached hydrogens (tertiary/aromatic N) is 1. The maximum absolute atomic E-state index is 12.5. The molecule has 3 aromatic rings. The second kappa shape index (κ2) is 7.16. The Morgan fingerprint density at radius 1 is 1.12 bits per heavy atom. The summed E-state index contributed by atoms with van der Waals surface area (Å²) in [5.41, 5.74) is 2.20. The fraction of sp³-hybridized carbons (Fsp3) is 0.273. The highest BCUT2D eigenvalue weighted by atomic mass is 16.5. The Labute approximate surface area is 153 Å². The van der Waals surface area contributed by atoms with Crippen LogP contribution in [0.5, 0.6) is 5.75 Å². The number of hydrogen-bond acceptors (Lipinski definition) is 3. The second-order valence-electron chi connectivity index (χ2n) is 6.83. The number of para-hydroxylation sites is 1. The molecule has 1 aliphatic rings. The number of rotatable bonds is 5. The molecule has 1 heterocycles. The van der Waals surface area contributed by atoms with Crippen LogP contribution in [0.2, 0.25) is 0 Å². The minimum atomic E-state index is -0.560. The summed E-state index contributed by atoms with van der Waals surface area (Å²) in [6, 6.07) is 20.3. The molecule has 1 aromatic heterocycles. The van der Waals surface area contributed by atoms with Crippen molar-refractivity contribution < 1.29 is 9.53 Å². The van der Waals surface area contributed by atoms with E-state index in [-0.39, 0.29) is 11.9 Å². The van der Waals surface area contributed by atoms with Crippen molar-refractivity contribution >= 4 is 16.8 Å². The van der Waals surface area contributed by atoms with Gasteiger partial charge in [0.15, 0.2) is 6.10 Å². The van der Waals surface area contributed by atoms with Crippen LogP contribution in [0.1, 0.15) is 31.2 Å². The Hall–Kier alpha value is -2.88. The first kappa shape index (κ1) is 16.6. The van der Waals surface area contributed by atoms with Crippen molar-refractivity contribution in [2.24, 2.45) is 0 Å². The molecular weight excluding hydrogens is 324 g/mol. The number of hydrogen-bond donors (Lipinski definition) is 1. The van der Waals surface area contributed by atoms with Gasteiger partial charge in [0, 0.05) is 17.3 Å². The normalized spacial score (nSPS) is 20.2. The molecule has 1 saturated carbocycles. The zero-order valence-electron chi connectivity index (χ0n) is 14.8. The summed E-state index contributed by atoms with van der Waals surface area (Å²) in [7, 11) is 0. The molecule has 1 N–H and O–H groups in total. The molecule has 132 valence electrons. The molecule has 3 atom stereocenters. The zero-order chi connectivity index (χ0) is 17.9. The summed E-state index contributed by atoms with van der Waals surface area (Å²) in [5.74, 6) is 0.929. The Bertz CT molecular complexity index is 910. The first-order valence-electron chi connectivity index (χ1n) is 9.07. The third-order valence-electron chi connectivity index (χ3n) is 5.08. The Morgan fingerprint density at radius 3 is 2.65 bits per heavy atom. The predicted molar refractivity (Wildman–Crippen MR) is 102 cm³/mol. The van der Waals surface area contributed by atoms with Crippen molar-refractivity contribution in [2.45, 2.75) is 37.8 Å². The fourth-order valence-electron chi connectivity index (χ4n) is 3.44. The van der Waals surface area contributed by atoms with Gasteiger partial charge in [-0.15, -0.1) is 0 Å². The standard InChI is InChI=1S/C22H22N2O2/c1-15(26-18-13-17-9-5-6-10-20(17)23-14-18)22(25)24-21-12-11-19(21)16-7-3-2-4-8-16/h2-10,13-15,19,21H,11-12H2,1H3,(H,24,25)/t15-,19+,21+/m0/s1. The van der Waals surface area contributed by atoms with E-state index in [1.54, 1.807) is 13.1 Å². The minimum Gasteiger partial charge on any atom is -0.479 e. The monoisotopic (exact) mass is 346 g/mol. The van der Waals surface area contributed by atoms with E-state index in [1.807, 2.05) is 48.5 Å². The van der Waals surface area contributed by atoms with E-state index in [9.17, 15) is 4.79 Å². The minimum absolute atomic E-state index is 0.0798. The average Bonchev–Trinajstić information content (AvgIpc) is 2.65. The summed E-state index contributed by atoms with van der Waals surface area (Å²) in [4.78, 5) is 16.9. The van der Waals surface area contributed by atoms with Gasteiger partial charge in [-0.1, -0.05) is 48.5 Å². The third-order valence-corrected chi connectivity index (χ3v) is 5.08. The summed E-state index contributed by atoms with van der Waals surface area (Å²) in [6.07, 6.45) is 3.23. The molecule has 0 saturated heterocycles. The molecule has 26 heavy (non-hydrogen) atoms. The number of amides is 1. The number of aromatic nitrogens is 1. The highest BCUT2D eigenvalue weighted by molar-refractivity contribution is 5.82. The first-order chi connectivity index (χ1) is 12.7. The molecule has 1 amide bonds. The Kier molecular flexibility index (Phi) is 4.57. The smallest absolute Gasteiger partial charge is 0.261 e. The van der Waals surface area contributed by atoms with E-state index in [0.29, 0.717) is 11.7 Å². The highest BCUT2D eigenvalue weighted by Gasteiger charge is 2.34. The second-order valence-corrected chi connectivity index (χ2v) is 6.83. The van der Waals surface area contributed by atoms with Gasteiger partial charge in [-0.3, -0.25) is 9.78 Å². The van der Waals surface area contributed by atoms with E-state index >= 15 is 0 Å². The van der Waals surface area contributed by atoms with Crippen LogP contribution < -0.4 is 10.1 Å². The maximum Gasteiger partial charge on any atom is 0.261 e. The van der Waals surface area contributed by atoms with Crippen LogP contribution in [0, 0.1) is 0 Å². The van der Waals surface area contributed by atoms with Gasteiger partial charge in [-0.05, 0) is 37.5 Å². The number of benzene rings is 2. The maximum atomic E-state index is 12.5. The lowest BCUT2D eigenvalue weighted by atomic mass is 9.75. The van der Waals surface area contributed by atoms with Crippen molar-refractivity contribution in [1.29, 1.82) is 0 Å². The van der Waals surface area contributed by atoms with Crippen molar-refractivity contribution in [1.82, 2.24) is 10.3 Å². The third kappa shape index (κ3) is 3.40. The molecule has 4 rings (SSSR count). The summed E-state index contributed by atoms with van der Waals surface area (Å²) in [6.45, 7) is 1.78. The lowest BCUT2D eigenvalue weighted by Crippen LogP contribution is -2.49. The van der Waals surface area contributed by atoms with Crippen LogP contribution in [0.25, 0.3) is 10.9 Å². The number of carbonyl (C=O) groups excluding carboxylic acids is 1. The number of fused-ring (bicyclic) bond motifs is 1. The Balaban J connectivity index is 1.38. The van der Waals surface area contributed by atoms with Crippen molar-refractivity contribution in [3.05, 3.63) is 72.4 Å². The number of carbonyl (C=O) groups is 1. The van der Waals surface area contributed by atoms with E-state index in [2.05, 4.69) is 22.4 Å². The van der Waals surface area contributed by atoms with Crippen LogP contribution in [0.4, 0.5) is 0 Å². The van der Waals surface area contributed by atoms with Crippen LogP contribution in [0.3, 0.4) is 0 Å². The molecule has 4 nitrogen and oxygen atoms in total. The average molecular weight is 346 g/mol. The molecule has 0 bridgehead atoms. The molecule has 1 fully saturated rings. The lowest BCUT2D eigenvalue weighted by Gasteiger charge is -2.38. The molecule has 0 spiro atoms. The molecule has 0 aliphatic heterocycles. The van der Waals surface area contributed by atoms with Crippen LogP contribution in [-0.2, 0) is 4.79 Å². The summed E-state index contributed by atoms with van der Waals surface area (Å²) >= 11 is 0. The van der Waals surface area contributed by atoms with Crippen molar-refractivity contribution in [3.63, 3.8) is 0 Å². The number of ether oxygens (including phenoxy) is 1. The van der Waals surface area contributed by atoms with Gasteiger partial charge in [-0.25, -0.2) is 0 Å². The lowest BCUT2D eigenvalue weighted by molar-refractivity contribution is -0.128. The van der Waals surface area contributed by atoms with Gasteiger partial charge in [0.1, 0.15) is 5.75 Å². The predicted octanol–water partition coefficient (Wildman–Crippen LogP) is 4.06. The summed E-state index contributed by atoms with van der Waals surface area (Å²) in [5, 5.41) is 4.14. The highest BCUT2D eigenvalue weighted by Crippen LogP contribution is 2.36. The van der Waals surface area contributed by atoms with E-state index < -0.39 is 6.10 Å². The number of nitrogens with one attached hydrogen (secondary N) is 1. The molecule has 1 aliphatic carbocycles. The largest absolute Gasteiger partial charge is 0.479 e. The molecule has 0 unspecified atom stereocenters. The van der Waals surface area contributed by atoms with Gasteiger partial charge >= 0.3 is 0 Å². The van der Waals surface area contributed by atoms with E-state index in [1.165, 1.54) is 5.56 Å². The first-order valence-corrected chi connectivity index (χ1v) is 9.07. The molecule has 4 heteroatoms. The molecule has 0 radical (unpaired) electrons. The SMILES string of the molecule is C[C@H](Oc1cnc2ccccc2c1)C(=O)N[C@@H]1CC[C@@H]1c1ccccc1. The summed E-state index contributed by atoms with van der Waals surface area (Å²) < 4.78 is 5.82. The zero-order valence-corrected chi connectivity index (χ0v) is 14.8.